The summed E-state index contributed by atoms with van der Waals surface area (Å²) in [6, 6.07) is 0. The van der Waals surface area contributed by atoms with Gasteiger partial charge in [0.25, 0.3) is 0 Å². The van der Waals surface area contributed by atoms with Gasteiger partial charge in [0.05, 0.1) is 27.7 Å². The molecule has 10 heteroatoms. The highest BCUT2D eigenvalue weighted by atomic mass is 31.2. The van der Waals surface area contributed by atoms with Gasteiger partial charge in [-0.25, -0.2) is 4.57 Å². The van der Waals surface area contributed by atoms with Crippen LogP contribution in [0.15, 0.2) is 48.6 Å². The predicted molar refractivity (Wildman–Crippen MR) is 215 cm³/mol. The van der Waals surface area contributed by atoms with Gasteiger partial charge in [-0.05, 0) is 51.4 Å². The Bertz CT molecular complexity index is 1030. The number of ether oxygens (including phenoxy) is 2. The highest BCUT2D eigenvalue weighted by Gasteiger charge is 2.27. The van der Waals surface area contributed by atoms with E-state index in [9.17, 15) is 19.0 Å². The van der Waals surface area contributed by atoms with Gasteiger partial charge in [0.2, 0.25) is 0 Å². The van der Waals surface area contributed by atoms with Crippen molar-refractivity contribution in [2.45, 2.75) is 161 Å². The molecule has 52 heavy (non-hydrogen) atoms. The number of allylic oxidation sites excluding steroid dienone is 8. The molecule has 2 atom stereocenters. The van der Waals surface area contributed by atoms with Crippen molar-refractivity contribution in [3.05, 3.63) is 48.6 Å². The molecule has 0 aromatic heterocycles. The Hall–Kier alpha value is -2.03. The number of quaternary nitrogens is 1. The minimum Gasteiger partial charge on any atom is -0.462 e. The zero-order chi connectivity index (χ0) is 38.6. The topological polar surface area (TPSA) is 108 Å². The highest BCUT2D eigenvalue weighted by molar-refractivity contribution is 7.47. The zero-order valence-corrected chi connectivity index (χ0v) is 34.7. The molecule has 1 N–H and O–H groups in total. The third kappa shape index (κ3) is 37.7. The van der Waals surface area contributed by atoms with E-state index in [1.807, 2.05) is 21.1 Å². The molecule has 0 saturated carbocycles. The molecule has 0 aliphatic heterocycles. The lowest BCUT2D eigenvalue weighted by molar-refractivity contribution is -0.870. The summed E-state index contributed by atoms with van der Waals surface area (Å²) >= 11 is 0. The van der Waals surface area contributed by atoms with Crippen molar-refractivity contribution in [2.75, 3.05) is 47.5 Å². The number of esters is 2. The van der Waals surface area contributed by atoms with E-state index in [2.05, 4.69) is 62.5 Å². The molecular weight excluding hydrogens is 677 g/mol. The molecule has 0 aromatic rings. The van der Waals surface area contributed by atoms with Gasteiger partial charge in [0, 0.05) is 12.8 Å². The smallest absolute Gasteiger partial charge is 0.462 e. The summed E-state index contributed by atoms with van der Waals surface area (Å²) < 4.78 is 34.2. The monoisotopic (exact) mass is 755 g/mol. The second kappa shape index (κ2) is 34.7. The van der Waals surface area contributed by atoms with Crippen molar-refractivity contribution in [3.8, 4) is 0 Å². The number of rotatable bonds is 36. The molecule has 0 fully saturated rings. The number of likely N-dealkylation sites (N-methyl/N-ethyl adjacent to an activating group) is 1. The van der Waals surface area contributed by atoms with Gasteiger partial charge in [0.1, 0.15) is 19.8 Å². The number of carbonyl (C=O) groups is 2. The van der Waals surface area contributed by atoms with Crippen LogP contribution in [0.2, 0.25) is 0 Å². The quantitative estimate of drug-likeness (QED) is 0.0221. The number of phosphoric acid groups is 1. The third-order valence-corrected chi connectivity index (χ3v) is 9.36. The Kier molecular flexibility index (Phi) is 33.4. The van der Waals surface area contributed by atoms with E-state index in [-0.39, 0.29) is 32.0 Å². The molecule has 2 unspecified atom stereocenters. The van der Waals surface area contributed by atoms with Crippen molar-refractivity contribution in [1.29, 1.82) is 0 Å². The lowest BCUT2D eigenvalue weighted by Gasteiger charge is -2.24. The number of nitrogens with zero attached hydrogens (tertiary/aromatic N) is 1. The summed E-state index contributed by atoms with van der Waals surface area (Å²) in [5, 5.41) is 0. The molecule has 0 amide bonds. The van der Waals surface area contributed by atoms with Gasteiger partial charge in [-0.15, -0.1) is 0 Å². The number of hydrogen-bond donors (Lipinski definition) is 1. The standard InChI is InChI=1S/C42H76NO8P/c1-6-8-10-12-14-16-17-18-19-20-21-22-23-24-25-27-29-31-33-35-42(45)51-40(39-50-52(46,47)49-37-36-43(3,4)5)38-48-41(44)34-32-30-28-26-15-13-11-9-7-2/h8,10,14,16,18-19,21-22,40H,6-7,9,11-13,15,17,20,23-39H2,1-5H3/p+1/b10-8-,16-14-,19-18-,22-21-. The molecule has 0 radical (unpaired) electrons. The molecule has 0 spiro atoms. The fraction of sp³-hybridized carbons (Fsp3) is 0.762. The van der Waals surface area contributed by atoms with Crippen LogP contribution in [0.5, 0.6) is 0 Å². The van der Waals surface area contributed by atoms with E-state index in [0.29, 0.717) is 17.4 Å². The first-order valence-electron chi connectivity index (χ1n) is 20.4. The summed E-state index contributed by atoms with van der Waals surface area (Å²) in [6.45, 7) is 4.25. The summed E-state index contributed by atoms with van der Waals surface area (Å²) in [7, 11) is 1.46. The minimum atomic E-state index is -4.37. The molecule has 0 bridgehead atoms. The fourth-order valence-electron chi connectivity index (χ4n) is 5.18. The van der Waals surface area contributed by atoms with Crippen molar-refractivity contribution in [3.63, 3.8) is 0 Å². The Labute approximate surface area is 318 Å². The number of unbranched alkanes of at least 4 members (excludes halogenated alkanes) is 14. The van der Waals surface area contributed by atoms with Crippen LogP contribution < -0.4 is 0 Å². The van der Waals surface area contributed by atoms with Crippen LogP contribution in [0, 0.1) is 0 Å². The van der Waals surface area contributed by atoms with E-state index in [4.69, 9.17) is 18.5 Å². The average molecular weight is 755 g/mol. The molecule has 0 heterocycles. The maximum absolute atomic E-state index is 12.6. The Morgan fingerprint density at radius 1 is 0.615 bits per heavy atom. The second-order valence-corrected chi connectivity index (χ2v) is 16.1. The van der Waals surface area contributed by atoms with Crippen LogP contribution in [0.4, 0.5) is 0 Å². The molecular formula is C42H77NO8P+. The van der Waals surface area contributed by atoms with Crippen molar-refractivity contribution in [1.82, 2.24) is 0 Å². The summed E-state index contributed by atoms with van der Waals surface area (Å²) in [4.78, 5) is 35.2. The van der Waals surface area contributed by atoms with Gasteiger partial charge < -0.3 is 18.9 Å². The highest BCUT2D eigenvalue weighted by Crippen LogP contribution is 2.43. The van der Waals surface area contributed by atoms with Crippen LogP contribution in [-0.2, 0) is 32.7 Å². The largest absolute Gasteiger partial charge is 0.472 e. The van der Waals surface area contributed by atoms with Crippen molar-refractivity contribution in [2.24, 2.45) is 0 Å². The first kappa shape index (κ1) is 50.0. The fourth-order valence-corrected chi connectivity index (χ4v) is 5.92. The summed E-state index contributed by atoms with van der Waals surface area (Å²) in [5.41, 5.74) is 0. The van der Waals surface area contributed by atoms with Gasteiger partial charge in [-0.3, -0.25) is 18.6 Å². The third-order valence-electron chi connectivity index (χ3n) is 8.37. The van der Waals surface area contributed by atoms with Gasteiger partial charge in [-0.1, -0.05) is 140 Å². The van der Waals surface area contributed by atoms with Crippen LogP contribution in [-0.4, -0.2) is 74.9 Å². The molecule has 0 rings (SSSR count). The average Bonchev–Trinajstić information content (AvgIpc) is 3.09. The van der Waals surface area contributed by atoms with E-state index in [0.717, 1.165) is 83.5 Å². The van der Waals surface area contributed by atoms with Gasteiger partial charge in [-0.2, -0.15) is 0 Å². The van der Waals surface area contributed by atoms with Crippen LogP contribution >= 0.6 is 7.82 Å². The Morgan fingerprint density at radius 2 is 1.10 bits per heavy atom. The first-order valence-corrected chi connectivity index (χ1v) is 21.9. The molecule has 0 aromatic carbocycles. The number of phosphoric ester groups is 1. The zero-order valence-electron chi connectivity index (χ0n) is 33.8. The molecule has 0 aliphatic rings. The Morgan fingerprint density at radius 3 is 1.63 bits per heavy atom. The first-order chi connectivity index (χ1) is 25.0. The second-order valence-electron chi connectivity index (χ2n) is 14.6. The van der Waals surface area contributed by atoms with E-state index in [1.165, 1.54) is 38.5 Å². The normalized spacial score (nSPS) is 14.2. The van der Waals surface area contributed by atoms with E-state index >= 15 is 0 Å². The molecule has 0 aliphatic carbocycles. The van der Waals surface area contributed by atoms with Crippen molar-refractivity contribution < 1.29 is 42.1 Å². The SMILES string of the molecule is CC/C=C\C/C=C\C/C=C\C/C=C\CCCCCCCCC(=O)OC(COC(=O)CCCCCCCCCCC)COP(=O)(O)OCC[N+](C)(C)C. The van der Waals surface area contributed by atoms with Crippen LogP contribution in [0.1, 0.15) is 155 Å². The van der Waals surface area contributed by atoms with E-state index < -0.39 is 26.5 Å². The lowest BCUT2D eigenvalue weighted by Crippen LogP contribution is -2.37. The summed E-state index contributed by atoms with van der Waals surface area (Å²) in [5.74, 6) is -0.820. The van der Waals surface area contributed by atoms with Crippen LogP contribution in [0.3, 0.4) is 0 Å². The Balaban J connectivity index is 4.38. The summed E-state index contributed by atoms with van der Waals surface area (Å²) in [6.07, 6.45) is 38.7. The number of hydrogen-bond acceptors (Lipinski definition) is 7. The minimum absolute atomic E-state index is 0.0277. The van der Waals surface area contributed by atoms with Crippen LogP contribution in [0.25, 0.3) is 0 Å². The maximum Gasteiger partial charge on any atom is 0.472 e. The van der Waals surface area contributed by atoms with E-state index in [1.54, 1.807) is 0 Å². The predicted octanol–water partition coefficient (Wildman–Crippen LogP) is 11.1. The lowest BCUT2D eigenvalue weighted by atomic mass is 10.1. The molecule has 0 saturated heterocycles. The molecule has 302 valence electrons. The molecule has 9 nitrogen and oxygen atoms in total. The van der Waals surface area contributed by atoms with Gasteiger partial charge >= 0.3 is 19.8 Å². The maximum atomic E-state index is 12.6. The van der Waals surface area contributed by atoms with Crippen molar-refractivity contribution >= 4 is 19.8 Å². The van der Waals surface area contributed by atoms with Gasteiger partial charge in [0.15, 0.2) is 6.10 Å². The number of carbonyl (C=O) groups excluding carboxylic acids is 2.